The third-order valence-corrected chi connectivity index (χ3v) is 5.19. The maximum atomic E-state index is 14.9. The van der Waals surface area contributed by atoms with Crippen molar-refractivity contribution < 1.29 is 13.6 Å². The molecule has 1 aromatic carbocycles. The molecular weight excluding hydrogens is 440 g/mol. The molecule has 8 nitrogen and oxygen atoms in total. The summed E-state index contributed by atoms with van der Waals surface area (Å²) >= 11 is 0. The number of pyridine rings is 2. The minimum Gasteiger partial charge on any atom is -0.369 e. The quantitative estimate of drug-likeness (QED) is 0.303. The third kappa shape index (κ3) is 5.41. The van der Waals surface area contributed by atoms with E-state index in [9.17, 15) is 13.6 Å². The number of hydrogen-bond acceptors (Lipinski definition) is 6. The Morgan fingerprint density at radius 2 is 1.97 bits per heavy atom. The Labute approximate surface area is 194 Å². The average molecular weight is 463 g/mol. The molecule has 0 bridgehead atoms. The molecule has 0 radical (unpaired) electrons. The summed E-state index contributed by atoms with van der Waals surface area (Å²) in [4.78, 5) is 21.5. The van der Waals surface area contributed by atoms with Crippen LogP contribution in [0.2, 0.25) is 0 Å². The highest BCUT2D eigenvalue weighted by molar-refractivity contribution is 5.99. The molecule has 174 valence electrons. The first-order chi connectivity index (χ1) is 16.5. The van der Waals surface area contributed by atoms with Crippen molar-refractivity contribution in [2.75, 3.05) is 11.9 Å². The highest BCUT2D eigenvalue weighted by atomic mass is 19.1. The number of amides is 1. The number of nitrogens with one attached hydrogen (secondary N) is 3. The number of nitrogens with zero attached hydrogens (tertiary/aromatic N) is 3. The van der Waals surface area contributed by atoms with Crippen LogP contribution in [-0.4, -0.2) is 32.6 Å². The van der Waals surface area contributed by atoms with E-state index in [4.69, 9.17) is 5.73 Å². The topological polar surface area (TPSA) is 122 Å². The smallest absolute Gasteiger partial charge is 0.255 e. The van der Waals surface area contributed by atoms with Gasteiger partial charge < -0.3 is 16.4 Å². The SMILES string of the molecule is NCc1ncccc1CNC(=O)c1cc(F)c(-c2ccn[nH]2)nc1NCCc1cccc(F)c1. The van der Waals surface area contributed by atoms with Crippen LogP contribution in [0.1, 0.15) is 27.2 Å². The number of H-pyrrole nitrogens is 1. The van der Waals surface area contributed by atoms with E-state index in [2.05, 4.69) is 30.8 Å². The number of rotatable bonds is 9. The van der Waals surface area contributed by atoms with Gasteiger partial charge in [0.05, 0.1) is 17.0 Å². The maximum Gasteiger partial charge on any atom is 0.255 e. The maximum absolute atomic E-state index is 14.9. The van der Waals surface area contributed by atoms with E-state index in [1.54, 1.807) is 30.5 Å². The molecule has 0 fully saturated rings. The standard InChI is InChI=1S/C24H23F2N7O/c25-17-5-1-3-15(11-17)6-9-29-23-18(12-19(26)22(32-23)20-7-10-31-33-20)24(34)30-14-16-4-2-8-28-21(16)13-27/h1-5,7-8,10-12H,6,9,13-14,27H2,(H,29,32)(H,30,34)(H,31,33). The molecule has 0 aliphatic heterocycles. The van der Waals surface area contributed by atoms with Crippen LogP contribution in [0.3, 0.4) is 0 Å². The van der Waals surface area contributed by atoms with Gasteiger partial charge in [0.25, 0.3) is 5.91 Å². The fraction of sp³-hybridized carbons (Fsp3) is 0.167. The van der Waals surface area contributed by atoms with Crippen molar-refractivity contribution in [2.45, 2.75) is 19.5 Å². The highest BCUT2D eigenvalue weighted by Gasteiger charge is 2.19. The summed E-state index contributed by atoms with van der Waals surface area (Å²) in [7, 11) is 0. The summed E-state index contributed by atoms with van der Waals surface area (Å²) in [6.45, 7) is 0.755. The van der Waals surface area contributed by atoms with Crippen molar-refractivity contribution in [3.8, 4) is 11.4 Å². The second-order valence-electron chi connectivity index (χ2n) is 7.49. The molecule has 4 aromatic rings. The Hall–Kier alpha value is -4.18. The molecule has 0 unspecified atom stereocenters. The second kappa shape index (κ2) is 10.6. The van der Waals surface area contributed by atoms with Crippen LogP contribution < -0.4 is 16.4 Å². The van der Waals surface area contributed by atoms with Crippen LogP contribution in [0.25, 0.3) is 11.4 Å². The second-order valence-corrected chi connectivity index (χ2v) is 7.49. The minimum absolute atomic E-state index is 0.0278. The predicted octanol–water partition coefficient (Wildman–Crippen LogP) is 3.19. The fourth-order valence-electron chi connectivity index (χ4n) is 3.48. The number of carbonyl (C=O) groups excluding carboxylic acids is 1. The molecule has 1 amide bonds. The van der Waals surface area contributed by atoms with Crippen LogP contribution >= 0.6 is 0 Å². The van der Waals surface area contributed by atoms with E-state index in [1.165, 1.54) is 18.3 Å². The molecule has 5 N–H and O–H groups in total. The van der Waals surface area contributed by atoms with E-state index >= 15 is 0 Å². The Kier molecular flexibility index (Phi) is 7.19. The minimum atomic E-state index is -0.672. The van der Waals surface area contributed by atoms with Gasteiger partial charge in [0.2, 0.25) is 0 Å². The van der Waals surface area contributed by atoms with Gasteiger partial charge in [-0.1, -0.05) is 18.2 Å². The monoisotopic (exact) mass is 463 g/mol. The van der Waals surface area contributed by atoms with E-state index in [-0.39, 0.29) is 36.0 Å². The van der Waals surface area contributed by atoms with Crippen molar-refractivity contribution in [2.24, 2.45) is 5.73 Å². The molecule has 0 spiro atoms. The molecular formula is C24H23F2N7O. The summed E-state index contributed by atoms with van der Waals surface area (Å²) < 4.78 is 28.4. The zero-order valence-electron chi connectivity index (χ0n) is 18.2. The normalized spacial score (nSPS) is 10.8. The number of benzene rings is 1. The van der Waals surface area contributed by atoms with Crippen molar-refractivity contribution in [3.05, 3.63) is 94.9 Å². The summed E-state index contributed by atoms with van der Waals surface area (Å²) in [5.74, 6) is -1.31. The van der Waals surface area contributed by atoms with Gasteiger partial charge in [-0.25, -0.2) is 13.8 Å². The number of halogens is 2. The molecule has 0 aliphatic carbocycles. The number of anilines is 1. The average Bonchev–Trinajstić information content (AvgIpc) is 3.38. The first-order valence-electron chi connectivity index (χ1n) is 10.6. The summed E-state index contributed by atoms with van der Waals surface area (Å²) in [6, 6.07) is 12.5. The van der Waals surface area contributed by atoms with Gasteiger partial charge in [0.1, 0.15) is 17.3 Å². The van der Waals surface area contributed by atoms with Crippen LogP contribution in [-0.2, 0) is 19.5 Å². The van der Waals surface area contributed by atoms with Gasteiger partial charge in [0.15, 0.2) is 5.82 Å². The lowest BCUT2D eigenvalue weighted by atomic mass is 10.1. The van der Waals surface area contributed by atoms with Crippen LogP contribution in [0, 0.1) is 11.6 Å². The van der Waals surface area contributed by atoms with E-state index in [0.29, 0.717) is 24.4 Å². The summed E-state index contributed by atoms with van der Waals surface area (Å²) in [5.41, 5.74) is 8.36. The molecule has 34 heavy (non-hydrogen) atoms. The van der Waals surface area contributed by atoms with Crippen molar-refractivity contribution in [3.63, 3.8) is 0 Å². The number of carbonyl (C=O) groups is 1. The molecule has 0 aliphatic rings. The van der Waals surface area contributed by atoms with E-state index in [1.807, 2.05) is 6.07 Å². The Morgan fingerprint density at radius 3 is 2.74 bits per heavy atom. The Morgan fingerprint density at radius 1 is 1.09 bits per heavy atom. The highest BCUT2D eigenvalue weighted by Crippen LogP contribution is 2.24. The predicted molar refractivity (Wildman–Crippen MR) is 124 cm³/mol. The van der Waals surface area contributed by atoms with Gasteiger partial charge in [0, 0.05) is 32.0 Å². The lowest BCUT2D eigenvalue weighted by Gasteiger charge is -2.14. The lowest BCUT2D eigenvalue weighted by molar-refractivity contribution is 0.0951. The first-order valence-corrected chi connectivity index (χ1v) is 10.6. The lowest BCUT2D eigenvalue weighted by Crippen LogP contribution is -2.26. The molecule has 0 saturated heterocycles. The van der Waals surface area contributed by atoms with Crippen molar-refractivity contribution in [1.29, 1.82) is 0 Å². The summed E-state index contributed by atoms with van der Waals surface area (Å²) in [6.07, 6.45) is 3.59. The number of aromatic amines is 1. The Balaban J connectivity index is 1.56. The molecule has 10 heteroatoms. The zero-order chi connectivity index (χ0) is 23.9. The van der Waals surface area contributed by atoms with Gasteiger partial charge in [-0.3, -0.25) is 14.9 Å². The zero-order valence-corrected chi connectivity index (χ0v) is 18.2. The van der Waals surface area contributed by atoms with Gasteiger partial charge in [-0.05, 0) is 47.9 Å². The molecule has 3 heterocycles. The van der Waals surface area contributed by atoms with E-state index in [0.717, 1.165) is 17.2 Å². The number of nitrogens with two attached hydrogens (primary N) is 1. The summed E-state index contributed by atoms with van der Waals surface area (Å²) in [5, 5.41) is 12.4. The number of aromatic nitrogens is 4. The Bertz CT molecular complexity index is 1280. The van der Waals surface area contributed by atoms with Gasteiger partial charge in [-0.2, -0.15) is 5.10 Å². The van der Waals surface area contributed by atoms with Crippen molar-refractivity contribution >= 4 is 11.7 Å². The van der Waals surface area contributed by atoms with Gasteiger partial charge in [-0.15, -0.1) is 0 Å². The van der Waals surface area contributed by atoms with E-state index < -0.39 is 11.7 Å². The molecule has 0 saturated carbocycles. The largest absolute Gasteiger partial charge is 0.369 e. The third-order valence-electron chi connectivity index (χ3n) is 5.19. The van der Waals surface area contributed by atoms with Crippen LogP contribution in [0.5, 0.6) is 0 Å². The van der Waals surface area contributed by atoms with Gasteiger partial charge >= 0.3 is 0 Å². The molecule has 0 atom stereocenters. The van der Waals surface area contributed by atoms with Crippen LogP contribution in [0.4, 0.5) is 14.6 Å². The fourth-order valence-corrected chi connectivity index (χ4v) is 3.48. The van der Waals surface area contributed by atoms with Crippen LogP contribution in [0.15, 0.2) is 60.9 Å². The number of hydrogen-bond donors (Lipinski definition) is 4. The first kappa shape index (κ1) is 23.0. The molecule has 3 aromatic heterocycles. The molecule has 4 rings (SSSR count). The van der Waals surface area contributed by atoms with Crippen molar-refractivity contribution in [1.82, 2.24) is 25.5 Å².